The first-order chi connectivity index (χ1) is 8.65. The monoisotopic (exact) mass is 252 g/mol. The van der Waals surface area contributed by atoms with Crippen molar-refractivity contribution in [2.24, 2.45) is 5.73 Å². The van der Waals surface area contributed by atoms with Crippen molar-refractivity contribution >= 4 is 5.84 Å². The maximum absolute atomic E-state index is 13.0. The van der Waals surface area contributed by atoms with E-state index >= 15 is 0 Å². The van der Waals surface area contributed by atoms with Crippen LogP contribution in [0.15, 0.2) is 18.2 Å². The average molecular weight is 252 g/mol. The number of halogens is 1. The van der Waals surface area contributed by atoms with E-state index in [1.165, 1.54) is 37.5 Å². The van der Waals surface area contributed by atoms with E-state index in [-0.39, 0.29) is 5.84 Å². The lowest BCUT2D eigenvalue weighted by atomic mass is 10.1. The number of unbranched alkanes of at least 4 members (excludes halogenated alkanes) is 4. The summed E-state index contributed by atoms with van der Waals surface area (Å²) in [4.78, 5) is 0. The average Bonchev–Trinajstić information content (AvgIpc) is 2.35. The van der Waals surface area contributed by atoms with Crippen molar-refractivity contribution in [3.05, 3.63) is 29.6 Å². The van der Waals surface area contributed by atoms with Crippen LogP contribution in [-0.2, 0) is 0 Å². The summed E-state index contributed by atoms with van der Waals surface area (Å²) >= 11 is 0. The molecule has 0 aromatic heterocycles. The summed E-state index contributed by atoms with van der Waals surface area (Å²) in [6, 6.07) is 4.08. The highest BCUT2D eigenvalue weighted by molar-refractivity contribution is 5.97. The van der Waals surface area contributed by atoms with E-state index in [2.05, 4.69) is 6.92 Å². The van der Waals surface area contributed by atoms with Crippen molar-refractivity contribution in [3.63, 3.8) is 0 Å². The molecule has 0 fully saturated rings. The molecule has 4 heteroatoms. The fourth-order valence-electron chi connectivity index (χ4n) is 1.73. The van der Waals surface area contributed by atoms with Crippen molar-refractivity contribution in [2.75, 3.05) is 6.61 Å². The Bertz CT molecular complexity index is 393. The Kier molecular flexibility index (Phi) is 6.19. The molecule has 0 aliphatic heterocycles. The van der Waals surface area contributed by atoms with Crippen molar-refractivity contribution < 1.29 is 9.13 Å². The van der Waals surface area contributed by atoms with Gasteiger partial charge in [-0.15, -0.1) is 0 Å². The first kappa shape index (κ1) is 14.5. The maximum atomic E-state index is 13.0. The smallest absolute Gasteiger partial charge is 0.130 e. The fourth-order valence-corrected chi connectivity index (χ4v) is 1.73. The van der Waals surface area contributed by atoms with Crippen molar-refractivity contribution in [2.45, 2.75) is 39.0 Å². The zero-order valence-electron chi connectivity index (χ0n) is 10.8. The third-order valence-electron chi connectivity index (χ3n) is 2.74. The van der Waals surface area contributed by atoms with Crippen LogP contribution in [0.1, 0.15) is 44.6 Å². The van der Waals surface area contributed by atoms with Crippen LogP contribution < -0.4 is 10.5 Å². The largest absolute Gasteiger partial charge is 0.493 e. The van der Waals surface area contributed by atoms with Gasteiger partial charge in [0.05, 0.1) is 12.2 Å². The van der Waals surface area contributed by atoms with E-state index in [1.807, 2.05) is 0 Å². The van der Waals surface area contributed by atoms with E-state index in [4.69, 9.17) is 15.9 Å². The van der Waals surface area contributed by atoms with Crippen LogP contribution in [0.2, 0.25) is 0 Å². The Hall–Kier alpha value is -1.58. The molecule has 0 unspecified atom stereocenters. The lowest BCUT2D eigenvalue weighted by Crippen LogP contribution is -2.14. The molecule has 0 amide bonds. The Balaban J connectivity index is 2.44. The van der Waals surface area contributed by atoms with Crippen molar-refractivity contribution in [1.29, 1.82) is 5.41 Å². The van der Waals surface area contributed by atoms with Gasteiger partial charge in [0.2, 0.25) is 0 Å². The van der Waals surface area contributed by atoms with Crippen LogP contribution in [0.4, 0.5) is 4.39 Å². The molecule has 1 rings (SSSR count). The second kappa shape index (κ2) is 7.69. The van der Waals surface area contributed by atoms with E-state index in [0.29, 0.717) is 17.9 Å². The summed E-state index contributed by atoms with van der Waals surface area (Å²) in [6.07, 6.45) is 5.77. The molecule has 0 radical (unpaired) electrons. The van der Waals surface area contributed by atoms with Gasteiger partial charge in [0.15, 0.2) is 0 Å². The lowest BCUT2D eigenvalue weighted by Gasteiger charge is -2.10. The Morgan fingerprint density at radius 1 is 1.28 bits per heavy atom. The molecule has 0 saturated heterocycles. The molecule has 0 spiro atoms. The zero-order chi connectivity index (χ0) is 13.4. The van der Waals surface area contributed by atoms with E-state index < -0.39 is 5.82 Å². The SMILES string of the molecule is CCCCCCCOc1ccc(F)cc1C(=N)N. The van der Waals surface area contributed by atoms with Gasteiger partial charge in [-0.2, -0.15) is 0 Å². The quantitative estimate of drug-likeness (QED) is 0.423. The number of nitrogens with two attached hydrogens (primary N) is 1. The number of amidine groups is 1. The third kappa shape index (κ3) is 4.73. The number of rotatable bonds is 8. The van der Waals surface area contributed by atoms with Crippen LogP contribution in [0, 0.1) is 11.2 Å². The molecule has 1 aromatic rings. The molecule has 3 nitrogen and oxygen atoms in total. The van der Waals surface area contributed by atoms with Gasteiger partial charge in [0.1, 0.15) is 17.4 Å². The van der Waals surface area contributed by atoms with Crippen LogP contribution >= 0.6 is 0 Å². The topological polar surface area (TPSA) is 59.1 Å². The van der Waals surface area contributed by atoms with Crippen LogP contribution in [-0.4, -0.2) is 12.4 Å². The Morgan fingerprint density at radius 3 is 2.67 bits per heavy atom. The summed E-state index contributed by atoms with van der Waals surface area (Å²) in [5.74, 6) is -0.0922. The summed E-state index contributed by atoms with van der Waals surface area (Å²) in [6.45, 7) is 2.75. The van der Waals surface area contributed by atoms with Gasteiger partial charge < -0.3 is 10.5 Å². The Morgan fingerprint density at radius 2 is 2.00 bits per heavy atom. The lowest BCUT2D eigenvalue weighted by molar-refractivity contribution is 0.303. The molecule has 3 N–H and O–H groups in total. The summed E-state index contributed by atoms with van der Waals surface area (Å²) < 4.78 is 18.6. The molecule has 18 heavy (non-hydrogen) atoms. The molecule has 0 saturated carbocycles. The van der Waals surface area contributed by atoms with Crippen LogP contribution in [0.5, 0.6) is 5.75 Å². The summed E-state index contributed by atoms with van der Waals surface area (Å²) in [7, 11) is 0. The fraction of sp³-hybridized carbons (Fsp3) is 0.500. The van der Waals surface area contributed by atoms with Gasteiger partial charge >= 0.3 is 0 Å². The number of hydrogen-bond acceptors (Lipinski definition) is 2. The minimum Gasteiger partial charge on any atom is -0.493 e. The molecule has 100 valence electrons. The Labute approximate surface area is 108 Å². The molecule has 0 bridgehead atoms. The first-order valence-electron chi connectivity index (χ1n) is 6.42. The van der Waals surface area contributed by atoms with Gasteiger partial charge in [-0.05, 0) is 24.6 Å². The molecule has 0 heterocycles. The van der Waals surface area contributed by atoms with Gasteiger partial charge in [-0.1, -0.05) is 32.6 Å². The third-order valence-corrected chi connectivity index (χ3v) is 2.74. The normalized spacial score (nSPS) is 10.3. The second-order valence-electron chi connectivity index (χ2n) is 4.32. The maximum Gasteiger partial charge on any atom is 0.130 e. The minimum atomic E-state index is -0.407. The first-order valence-corrected chi connectivity index (χ1v) is 6.42. The van der Waals surface area contributed by atoms with Crippen LogP contribution in [0.25, 0.3) is 0 Å². The minimum absolute atomic E-state index is 0.171. The van der Waals surface area contributed by atoms with Gasteiger partial charge in [0, 0.05) is 0 Å². The molecular weight excluding hydrogens is 231 g/mol. The number of benzene rings is 1. The number of nitrogens with one attached hydrogen (secondary N) is 1. The molecule has 1 aromatic carbocycles. The number of hydrogen-bond donors (Lipinski definition) is 2. The van der Waals surface area contributed by atoms with Gasteiger partial charge in [-0.3, -0.25) is 5.41 Å². The van der Waals surface area contributed by atoms with E-state index in [0.717, 1.165) is 12.8 Å². The predicted molar refractivity (Wildman–Crippen MR) is 71.7 cm³/mol. The predicted octanol–water partition coefficient (Wildman–Crippen LogP) is 3.46. The number of nitrogen functional groups attached to an aromatic ring is 1. The number of ether oxygens (including phenoxy) is 1. The highest BCUT2D eigenvalue weighted by Gasteiger charge is 2.07. The highest BCUT2D eigenvalue weighted by atomic mass is 19.1. The van der Waals surface area contributed by atoms with E-state index in [1.54, 1.807) is 0 Å². The molecule has 0 atom stereocenters. The summed E-state index contributed by atoms with van der Waals surface area (Å²) in [5.41, 5.74) is 5.71. The second-order valence-corrected chi connectivity index (χ2v) is 4.32. The standard InChI is InChI=1S/C14H21FN2O/c1-2-3-4-5-6-9-18-13-8-7-11(15)10-12(13)14(16)17/h7-8,10H,2-6,9H2,1H3,(H3,16,17). The van der Waals surface area contributed by atoms with Gasteiger partial charge in [-0.25, -0.2) is 4.39 Å². The highest BCUT2D eigenvalue weighted by Crippen LogP contribution is 2.19. The zero-order valence-corrected chi connectivity index (χ0v) is 10.8. The van der Waals surface area contributed by atoms with Gasteiger partial charge in [0.25, 0.3) is 0 Å². The van der Waals surface area contributed by atoms with Crippen molar-refractivity contribution in [3.8, 4) is 5.75 Å². The van der Waals surface area contributed by atoms with Crippen molar-refractivity contribution in [1.82, 2.24) is 0 Å². The van der Waals surface area contributed by atoms with Crippen LogP contribution in [0.3, 0.4) is 0 Å². The molecular formula is C14H21FN2O. The van der Waals surface area contributed by atoms with E-state index in [9.17, 15) is 4.39 Å². The molecule has 0 aliphatic carbocycles. The molecule has 0 aliphatic rings. The summed E-state index contributed by atoms with van der Waals surface area (Å²) in [5, 5.41) is 7.38.